The van der Waals surface area contributed by atoms with Crippen LogP contribution in [0.3, 0.4) is 0 Å². The summed E-state index contributed by atoms with van der Waals surface area (Å²) in [5.74, 6) is 2.45. The van der Waals surface area contributed by atoms with E-state index in [1.165, 1.54) is 0 Å². The summed E-state index contributed by atoms with van der Waals surface area (Å²) in [5.41, 5.74) is 1.04. The van der Waals surface area contributed by atoms with E-state index in [2.05, 4.69) is 12.0 Å². The van der Waals surface area contributed by atoms with Gasteiger partial charge in [-0.25, -0.2) is 0 Å². The number of thioether (sulfide) groups is 1. The Morgan fingerprint density at radius 3 is 3.19 bits per heavy atom. The normalized spacial score (nSPS) is 26.8. The predicted octanol–water partition coefficient (Wildman–Crippen LogP) is 1.95. The molecule has 1 aromatic heterocycles. The second-order valence-electron chi connectivity index (χ2n) is 5.61. The summed E-state index contributed by atoms with van der Waals surface area (Å²) in [7, 11) is 0. The quantitative estimate of drug-likeness (QED) is 0.856. The first kappa shape index (κ1) is 14.9. The highest BCUT2D eigenvalue weighted by Gasteiger charge is 2.38. The van der Waals surface area contributed by atoms with E-state index < -0.39 is 0 Å². The van der Waals surface area contributed by atoms with Gasteiger partial charge >= 0.3 is 0 Å². The van der Waals surface area contributed by atoms with E-state index in [1.54, 1.807) is 0 Å². The molecule has 2 saturated heterocycles. The van der Waals surface area contributed by atoms with Gasteiger partial charge in [0.15, 0.2) is 0 Å². The van der Waals surface area contributed by atoms with Gasteiger partial charge in [-0.15, -0.1) is 0 Å². The molecule has 2 fully saturated rings. The number of nitrogens with zero attached hydrogens (tertiary/aromatic N) is 3. The lowest BCUT2D eigenvalue weighted by atomic mass is 9.95. The van der Waals surface area contributed by atoms with Gasteiger partial charge in [0.25, 0.3) is 0 Å². The first-order valence-corrected chi connectivity index (χ1v) is 8.95. The highest BCUT2D eigenvalue weighted by atomic mass is 32.2. The van der Waals surface area contributed by atoms with Gasteiger partial charge in [0.05, 0.1) is 18.2 Å². The van der Waals surface area contributed by atoms with Crippen molar-refractivity contribution in [1.82, 2.24) is 14.7 Å². The Labute approximate surface area is 130 Å². The number of carbonyl (C=O) groups excluding carboxylic acids is 1. The molecule has 0 spiro atoms. The van der Waals surface area contributed by atoms with Crippen LogP contribution >= 0.6 is 11.8 Å². The fraction of sp³-hybridized carbons (Fsp3) is 0.733. The zero-order chi connectivity index (χ0) is 14.7. The molecule has 0 N–H and O–H groups in total. The zero-order valence-corrected chi connectivity index (χ0v) is 13.3. The number of aryl methyl sites for hydroxylation is 1. The second kappa shape index (κ2) is 6.83. The van der Waals surface area contributed by atoms with Gasteiger partial charge in [-0.3, -0.25) is 9.48 Å². The molecule has 2 atom stereocenters. The van der Waals surface area contributed by atoms with Gasteiger partial charge in [-0.1, -0.05) is 0 Å². The fourth-order valence-corrected chi connectivity index (χ4v) is 3.96. The summed E-state index contributed by atoms with van der Waals surface area (Å²) in [6.45, 7) is 5.34. The third kappa shape index (κ3) is 3.26. The molecule has 1 aromatic rings. The number of ether oxygens (including phenoxy) is 1. The van der Waals surface area contributed by atoms with Crippen molar-refractivity contribution in [3.05, 3.63) is 18.0 Å². The smallest absolute Gasteiger partial charge is 0.228 e. The van der Waals surface area contributed by atoms with Gasteiger partial charge in [0.2, 0.25) is 5.91 Å². The highest BCUT2D eigenvalue weighted by molar-refractivity contribution is 7.99. The topological polar surface area (TPSA) is 47.4 Å². The van der Waals surface area contributed by atoms with Crippen molar-refractivity contribution < 1.29 is 9.53 Å². The molecule has 2 aliphatic heterocycles. The third-order valence-corrected chi connectivity index (χ3v) is 5.30. The monoisotopic (exact) mass is 309 g/mol. The molecule has 0 aliphatic carbocycles. The van der Waals surface area contributed by atoms with E-state index >= 15 is 0 Å². The molecule has 0 radical (unpaired) electrons. The van der Waals surface area contributed by atoms with Gasteiger partial charge in [0, 0.05) is 43.8 Å². The van der Waals surface area contributed by atoms with E-state index in [9.17, 15) is 4.79 Å². The van der Waals surface area contributed by atoms with Crippen LogP contribution in [-0.2, 0) is 16.1 Å². The maximum atomic E-state index is 12.8. The van der Waals surface area contributed by atoms with E-state index in [4.69, 9.17) is 4.74 Å². The molecule has 0 saturated carbocycles. The van der Waals surface area contributed by atoms with Gasteiger partial charge < -0.3 is 9.64 Å². The lowest BCUT2D eigenvalue weighted by Crippen LogP contribution is -2.38. The SMILES string of the molecule is CCn1cc([C@H]2OCC[C@@H]2C(=O)N2CCCSCC2)cn1. The molecule has 1 amide bonds. The van der Waals surface area contributed by atoms with E-state index in [-0.39, 0.29) is 17.9 Å². The standard InChI is InChI=1S/C15H23N3O2S/c1-2-18-11-12(10-16-18)14-13(4-7-20-14)15(19)17-5-3-8-21-9-6-17/h10-11,13-14H,2-9H2,1H3/t13-,14+/m0/s1. The van der Waals surface area contributed by atoms with Crippen LogP contribution in [0, 0.1) is 5.92 Å². The number of amides is 1. The maximum absolute atomic E-state index is 12.8. The van der Waals surface area contributed by atoms with E-state index in [0.29, 0.717) is 6.61 Å². The van der Waals surface area contributed by atoms with Crippen molar-refractivity contribution in [2.45, 2.75) is 32.4 Å². The third-order valence-electron chi connectivity index (χ3n) is 4.25. The Hall–Kier alpha value is -1.01. The summed E-state index contributed by atoms with van der Waals surface area (Å²) in [6, 6.07) is 0. The molecule has 0 unspecified atom stereocenters. The van der Waals surface area contributed by atoms with Crippen LogP contribution in [0.15, 0.2) is 12.4 Å². The number of carbonyl (C=O) groups is 1. The number of hydrogen-bond acceptors (Lipinski definition) is 4. The fourth-order valence-electron chi connectivity index (χ4n) is 3.07. The van der Waals surface area contributed by atoms with Crippen LogP contribution in [-0.4, -0.2) is 51.8 Å². The van der Waals surface area contributed by atoms with Crippen LogP contribution in [0.5, 0.6) is 0 Å². The first-order chi connectivity index (χ1) is 10.3. The Kier molecular flexibility index (Phi) is 4.85. The molecule has 0 bridgehead atoms. The van der Waals surface area contributed by atoms with Crippen LogP contribution in [0.25, 0.3) is 0 Å². The van der Waals surface area contributed by atoms with Gasteiger partial charge in [-0.05, 0) is 25.5 Å². The summed E-state index contributed by atoms with van der Waals surface area (Å²) < 4.78 is 7.74. The van der Waals surface area contributed by atoms with Gasteiger partial charge in [0.1, 0.15) is 0 Å². The van der Waals surface area contributed by atoms with Crippen molar-refractivity contribution in [2.75, 3.05) is 31.2 Å². The summed E-state index contributed by atoms with van der Waals surface area (Å²) in [5, 5.41) is 4.31. The minimum absolute atomic E-state index is 0.0393. The number of rotatable bonds is 3. The molecule has 2 aliphatic rings. The van der Waals surface area contributed by atoms with E-state index in [0.717, 1.165) is 49.5 Å². The molecular formula is C15H23N3O2S. The molecule has 5 nitrogen and oxygen atoms in total. The number of hydrogen-bond donors (Lipinski definition) is 0. The first-order valence-electron chi connectivity index (χ1n) is 7.80. The predicted molar refractivity (Wildman–Crippen MR) is 83.2 cm³/mol. The number of aromatic nitrogens is 2. The Balaban J connectivity index is 1.72. The molecule has 116 valence electrons. The summed E-state index contributed by atoms with van der Waals surface area (Å²) >= 11 is 1.94. The van der Waals surface area contributed by atoms with Crippen molar-refractivity contribution >= 4 is 17.7 Å². The van der Waals surface area contributed by atoms with Crippen LogP contribution < -0.4 is 0 Å². The average Bonchev–Trinajstić information content (AvgIpc) is 3.08. The lowest BCUT2D eigenvalue weighted by Gasteiger charge is -2.26. The van der Waals surface area contributed by atoms with Crippen LogP contribution in [0.1, 0.15) is 31.4 Å². The van der Waals surface area contributed by atoms with E-state index in [1.807, 2.05) is 33.7 Å². The molecule has 3 rings (SSSR count). The largest absolute Gasteiger partial charge is 0.373 e. The van der Waals surface area contributed by atoms with Crippen molar-refractivity contribution in [3.63, 3.8) is 0 Å². The molecule has 21 heavy (non-hydrogen) atoms. The minimum Gasteiger partial charge on any atom is -0.373 e. The molecule has 0 aromatic carbocycles. The highest BCUT2D eigenvalue weighted by Crippen LogP contribution is 2.36. The average molecular weight is 309 g/mol. The molecule has 3 heterocycles. The Morgan fingerprint density at radius 2 is 2.38 bits per heavy atom. The summed E-state index contributed by atoms with van der Waals surface area (Å²) in [4.78, 5) is 14.9. The Bertz CT molecular complexity index is 483. The van der Waals surface area contributed by atoms with Crippen molar-refractivity contribution in [2.24, 2.45) is 5.92 Å². The van der Waals surface area contributed by atoms with Crippen LogP contribution in [0.2, 0.25) is 0 Å². The maximum Gasteiger partial charge on any atom is 0.228 e. The minimum atomic E-state index is -0.117. The summed E-state index contributed by atoms with van der Waals surface area (Å²) in [6.07, 6.45) is 5.66. The van der Waals surface area contributed by atoms with Crippen molar-refractivity contribution in [1.29, 1.82) is 0 Å². The van der Waals surface area contributed by atoms with Gasteiger partial charge in [-0.2, -0.15) is 16.9 Å². The zero-order valence-electron chi connectivity index (χ0n) is 12.5. The second-order valence-corrected chi connectivity index (χ2v) is 6.83. The van der Waals surface area contributed by atoms with Crippen molar-refractivity contribution in [3.8, 4) is 0 Å². The lowest BCUT2D eigenvalue weighted by molar-refractivity contribution is -0.137. The Morgan fingerprint density at radius 1 is 1.48 bits per heavy atom. The molecule has 6 heteroatoms. The van der Waals surface area contributed by atoms with Crippen LogP contribution in [0.4, 0.5) is 0 Å². The molecular weight excluding hydrogens is 286 g/mol.